The van der Waals surface area contributed by atoms with Crippen LogP contribution in [0.15, 0.2) is 18.2 Å². The minimum Gasteiger partial charge on any atom is -0.491 e. The average Bonchev–Trinajstić information content (AvgIpc) is 3.03. The van der Waals surface area contributed by atoms with Gasteiger partial charge in [0.2, 0.25) is 5.91 Å². The van der Waals surface area contributed by atoms with Crippen molar-refractivity contribution in [3.63, 3.8) is 0 Å². The first-order chi connectivity index (χ1) is 11.2. The fourth-order valence-electron chi connectivity index (χ4n) is 3.15. The predicted octanol–water partition coefficient (Wildman–Crippen LogP) is 2.43. The monoisotopic (exact) mass is 356 g/mol. The largest absolute Gasteiger partial charge is 0.491 e. The zero-order valence-electron chi connectivity index (χ0n) is 14.5. The Balaban J connectivity index is 0.00000288. The summed E-state index contributed by atoms with van der Waals surface area (Å²) < 4.78 is 10.8. The molecule has 1 aromatic rings. The van der Waals surface area contributed by atoms with Crippen molar-refractivity contribution in [3.05, 3.63) is 29.3 Å². The maximum Gasteiger partial charge on any atom is 0.223 e. The molecule has 6 heteroatoms. The van der Waals surface area contributed by atoms with Crippen LogP contribution in [0.5, 0.6) is 5.75 Å². The predicted molar refractivity (Wildman–Crippen MR) is 97.5 cm³/mol. The summed E-state index contributed by atoms with van der Waals surface area (Å²) in [6.07, 6.45) is 3.10. The van der Waals surface area contributed by atoms with E-state index < -0.39 is 0 Å². The van der Waals surface area contributed by atoms with Gasteiger partial charge in [-0.15, -0.1) is 12.4 Å². The van der Waals surface area contributed by atoms with Crippen molar-refractivity contribution in [2.75, 3.05) is 26.9 Å². The third-order valence-corrected chi connectivity index (χ3v) is 4.52. The van der Waals surface area contributed by atoms with Gasteiger partial charge in [-0.25, -0.2) is 0 Å². The number of hydrogen-bond donors (Lipinski definition) is 2. The van der Waals surface area contributed by atoms with Gasteiger partial charge < -0.3 is 20.5 Å². The van der Waals surface area contributed by atoms with Crippen molar-refractivity contribution in [2.24, 2.45) is 17.6 Å². The second-order valence-corrected chi connectivity index (χ2v) is 6.20. The fraction of sp³-hybridized carbons (Fsp3) is 0.611. The molecular weight excluding hydrogens is 328 g/mol. The zero-order valence-corrected chi connectivity index (χ0v) is 15.4. The van der Waals surface area contributed by atoms with Crippen LogP contribution in [0.3, 0.4) is 0 Å². The number of ether oxygens (including phenoxy) is 2. The molecule has 1 aromatic carbocycles. The Hall–Kier alpha value is -1.30. The highest BCUT2D eigenvalue weighted by molar-refractivity contribution is 5.85. The van der Waals surface area contributed by atoms with Gasteiger partial charge in [-0.2, -0.15) is 0 Å². The van der Waals surface area contributed by atoms with Crippen LogP contribution < -0.4 is 15.8 Å². The summed E-state index contributed by atoms with van der Waals surface area (Å²) in [6.45, 7) is 4.14. The molecule has 1 amide bonds. The number of nitrogens with two attached hydrogens (primary N) is 1. The Bertz CT molecular complexity index is 525. The maximum atomic E-state index is 12.4. The number of amides is 1. The number of methoxy groups -OCH3 is 1. The van der Waals surface area contributed by atoms with Crippen LogP contribution >= 0.6 is 12.4 Å². The summed E-state index contributed by atoms with van der Waals surface area (Å²) in [4.78, 5) is 12.4. The van der Waals surface area contributed by atoms with E-state index in [1.807, 2.05) is 25.1 Å². The molecule has 0 saturated heterocycles. The molecule has 3 N–H and O–H groups in total. The van der Waals surface area contributed by atoms with E-state index in [1.165, 1.54) is 0 Å². The van der Waals surface area contributed by atoms with Gasteiger partial charge >= 0.3 is 0 Å². The van der Waals surface area contributed by atoms with Gasteiger partial charge in [-0.3, -0.25) is 4.79 Å². The van der Waals surface area contributed by atoms with E-state index in [0.717, 1.165) is 36.1 Å². The first-order valence-electron chi connectivity index (χ1n) is 8.34. The van der Waals surface area contributed by atoms with E-state index in [2.05, 4.69) is 5.32 Å². The lowest BCUT2D eigenvalue weighted by Crippen LogP contribution is -2.34. The molecule has 2 atom stereocenters. The number of rotatable bonds is 8. The van der Waals surface area contributed by atoms with E-state index >= 15 is 0 Å². The molecule has 0 aromatic heterocycles. The SMILES string of the molecule is COCCOc1cc(C)ccc1CNC(=O)[C@@H]1CCC[C@@H]1CN.Cl. The van der Waals surface area contributed by atoms with E-state index in [0.29, 0.717) is 32.2 Å². The minimum absolute atomic E-state index is 0. The lowest BCUT2D eigenvalue weighted by Gasteiger charge is -2.18. The van der Waals surface area contributed by atoms with Gasteiger partial charge in [-0.1, -0.05) is 18.6 Å². The topological polar surface area (TPSA) is 73.6 Å². The summed E-state index contributed by atoms with van der Waals surface area (Å²) in [5.74, 6) is 1.30. The quantitative estimate of drug-likeness (QED) is 0.701. The van der Waals surface area contributed by atoms with E-state index in [1.54, 1.807) is 7.11 Å². The smallest absolute Gasteiger partial charge is 0.223 e. The van der Waals surface area contributed by atoms with Crippen molar-refractivity contribution in [3.8, 4) is 5.75 Å². The van der Waals surface area contributed by atoms with Gasteiger partial charge in [0.05, 0.1) is 6.61 Å². The summed E-state index contributed by atoms with van der Waals surface area (Å²) >= 11 is 0. The molecular formula is C18H29ClN2O3. The summed E-state index contributed by atoms with van der Waals surface area (Å²) in [7, 11) is 1.65. The Labute approximate surface area is 150 Å². The molecule has 0 unspecified atom stereocenters. The Morgan fingerprint density at radius 1 is 1.33 bits per heavy atom. The fourth-order valence-corrected chi connectivity index (χ4v) is 3.15. The van der Waals surface area contributed by atoms with Crippen molar-refractivity contribution < 1.29 is 14.3 Å². The van der Waals surface area contributed by atoms with Crippen molar-refractivity contribution in [1.29, 1.82) is 0 Å². The van der Waals surface area contributed by atoms with Gasteiger partial charge in [0.15, 0.2) is 0 Å². The van der Waals surface area contributed by atoms with Gasteiger partial charge in [0.1, 0.15) is 12.4 Å². The van der Waals surface area contributed by atoms with Crippen LogP contribution in [0, 0.1) is 18.8 Å². The number of nitrogens with one attached hydrogen (secondary N) is 1. The molecule has 0 spiro atoms. The molecule has 5 nitrogen and oxygen atoms in total. The first kappa shape index (κ1) is 20.7. The summed E-state index contributed by atoms with van der Waals surface area (Å²) in [5.41, 5.74) is 7.89. The van der Waals surface area contributed by atoms with E-state index in [4.69, 9.17) is 15.2 Å². The summed E-state index contributed by atoms with van der Waals surface area (Å²) in [6, 6.07) is 6.03. The molecule has 1 fully saturated rings. The molecule has 0 aliphatic heterocycles. The second kappa shape index (κ2) is 10.5. The van der Waals surface area contributed by atoms with Crippen molar-refractivity contribution in [1.82, 2.24) is 5.32 Å². The van der Waals surface area contributed by atoms with Crippen molar-refractivity contribution >= 4 is 18.3 Å². The molecule has 0 radical (unpaired) electrons. The van der Waals surface area contributed by atoms with E-state index in [-0.39, 0.29) is 24.2 Å². The number of carbonyl (C=O) groups is 1. The van der Waals surface area contributed by atoms with E-state index in [9.17, 15) is 4.79 Å². The van der Waals surface area contributed by atoms with Gasteiger partial charge in [0.25, 0.3) is 0 Å². The molecule has 1 aliphatic carbocycles. The van der Waals surface area contributed by atoms with Gasteiger partial charge in [-0.05, 0) is 43.9 Å². The van der Waals surface area contributed by atoms with Crippen LogP contribution in [-0.2, 0) is 16.1 Å². The highest BCUT2D eigenvalue weighted by Crippen LogP contribution is 2.31. The highest BCUT2D eigenvalue weighted by Gasteiger charge is 2.31. The average molecular weight is 357 g/mol. The minimum atomic E-state index is 0. The van der Waals surface area contributed by atoms with Crippen LogP contribution in [-0.4, -0.2) is 32.8 Å². The molecule has 136 valence electrons. The first-order valence-corrected chi connectivity index (χ1v) is 8.34. The number of carbonyl (C=O) groups excluding carboxylic acids is 1. The van der Waals surface area contributed by atoms with Crippen LogP contribution in [0.1, 0.15) is 30.4 Å². The van der Waals surface area contributed by atoms with Crippen molar-refractivity contribution in [2.45, 2.75) is 32.7 Å². The standard InChI is InChI=1S/C18H28N2O3.ClH/c1-13-6-7-15(17(10-13)23-9-8-22-2)12-20-18(21)16-5-3-4-14(16)11-19;/h6-7,10,14,16H,3-5,8-9,11-12,19H2,1-2H3,(H,20,21);1H/t14-,16-;/m1./s1. The third kappa shape index (κ3) is 5.65. The number of benzene rings is 1. The Morgan fingerprint density at radius 3 is 2.83 bits per heavy atom. The molecule has 24 heavy (non-hydrogen) atoms. The number of hydrogen-bond acceptors (Lipinski definition) is 4. The second-order valence-electron chi connectivity index (χ2n) is 6.20. The Morgan fingerprint density at radius 2 is 2.12 bits per heavy atom. The number of halogens is 1. The molecule has 0 heterocycles. The molecule has 0 bridgehead atoms. The normalized spacial score (nSPS) is 19.6. The van der Waals surface area contributed by atoms with Crippen LogP contribution in [0.25, 0.3) is 0 Å². The Kier molecular flexibility index (Phi) is 9.11. The lowest BCUT2D eigenvalue weighted by atomic mass is 9.95. The summed E-state index contributed by atoms with van der Waals surface area (Å²) in [5, 5.41) is 3.05. The van der Waals surface area contributed by atoms with Crippen LogP contribution in [0.4, 0.5) is 0 Å². The molecule has 1 saturated carbocycles. The third-order valence-electron chi connectivity index (χ3n) is 4.52. The highest BCUT2D eigenvalue weighted by atomic mass is 35.5. The molecule has 1 aliphatic rings. The molecule has 2 rings (SSSR count). The van der Waals surface area contributed by atoms with Crippen LogP contribution in [0.2, 0.25) is 0 Å². The zero-order chi connectivity index (χ0) is 16.7. The lowest BCUT2D eigenvalue weighted by molar-refractivity contribution is -0.126. The maximum absolute atomic E-state index is 12.4. The van der Waals surface area contributed by atoms with Gasteiger partial charge in [0, 0.05) is 25.1 Å². The number of aryl methyl sites for hydroxylation is 1.